The molecule has 1 spiro atoms. The van der Waals surface area contributed by atoms with E-state index in [9.17, 15) is 4.79 Å². The Labute approximate surface area is 169 Å². The van der Waals surface area contributed by atoms with Gasteiger partial charge in [-0.2, -0.15) is 0 Å². The molecule has 2 heterocycles. The van der Waals surface area contributed by atoms with Crippen molar-refractivity contribution in [3.63, 3.8) is 0 Å². The second-order valence-corrected chi connectivity index (χ2v) is 10.0. The number of rotatable bonds is 2. The Bertz CT molecular complexity index is 712. The molecule has 2 aliphatic carbocycles. The Morgan fingerprint density at radius 3 is 2.57 bits per heavy atom. The third-order valence-electron chi connectivity index (χ3n) is 8.69. The van der Waals surface area contributed by atoms with Crippen molar-refractivity contribution in [3.05, 3.63) is 30.3 Å². The number of hydrogen-bond donors (Lipinski definition) is 1. The molecule has 0 unspecified atom stereocenters. The van der Waals surface area contributed by atoms with Crippen LogP contribution in [-0.2, 0) is 4.79 Å². The minimum Gasteiger partial charge on any atom is -0.339 e. The van der Waals surface area contributed by atoms with Gasteiger partial charge in [-0.05, 0) is 68.4 Å². The smallest absolute Gasteiger partial charge is 0.247 e. The fraction of sp³-hybridized carbons (Fsp3) is 0.708. The van der Waals surface area contributed by atoms with Gasteiger partial charge in [-0.3, -0.25) is 4.79 Å². The molecule has 2 aliphatic heterocycles. The predicted molar refractivity (Wildman–Crippen MR) is 113 cm³/mol. The van der Waals surface area contributed by atoms with E-state index in [1.165, 1.54) is 50.6 Å². The van der Waals surface area contributed by atoms with Crippen LogP contribution in [0.3, 0.4) is 0 Å². The van der Waals surface area contributed by atoms with Crippen molar-refractivity contribution in [1.82, 2.24) is 10.2 Å². The highest BCUT2D eigenvalue weighted by Gasteiger charge is 2.51. The summed E-state index contributed by atoms with van der Waals surface area (Å²) in [6.07, 6.45) is 11.8. The lowest BCUT2D eigenvalue weighted by molar-refractivity contribution is -0.125. The summed E-state index contributed by atoms with van der Waals surface area (Å²) < 4.78 is 0. The minimum absolute atomic E-state index is 0.236. The average Bonchev–Trinajstić information content (AvgIpc) is 3.04. The lowest BCUT2D eigenvalue weighted by atomic mass is 9.59. The zero-order chi connectivity index (χ0) is 19.2. The van der Waals surface area contributed by atoms with Crippen molar-refractivity contribution < 1.29 is 4.79 Å². The van der Waals surface area contributed by atoms with Crippen molar-refractivity contribution in [3.8, 4) is 0 Å². The number of likely N-dealkylation sites (tertiary alicyclic amines) is 1. The Morgan fingerprint density at radius 1 is 1.00 bits per heavy atom. The molecule has 0 radical (unpaired) electrons. The molecule has 28 heavy (non-hydrogen) atoms. The normalized spacial score (nSPS) is 35.6. The standard InChI is InChI=1S/C24H35N3O/c1-23-11-6-5-7-19(23)17-21(10-12-23)26-15-13-24(14-16-26)22(28)25-18-27(24)20-8-3-2-4-9-20/h2-4,8-9,19,21H,5-7,10-18H2,1H3,(H,25,28)/t19-,21+,23+/m1/s1. The molecule has 0 bridgehead atoms. The summed E-state index contributed by atoms with van der Waals surface area (Å²) in [5.41, 5.74) is 1.44. The van der Waals surface area contributed by atoms with E-state index in [1.807, 2.05) is 6.07 Å². The van der Waals surface area contributed by atoms with Crippen LogP contribution >= 0.6 is 0 Å². The van der Waals surface area contributed by atoms with Gasteiger partial charge in [0.05, 0.1) is 6.67 Å². The molecule has 1 aromatic rings. The van der Waals surface area contributed by atoms with Crippen LogP contribution in [0.5, 0.6) is 0 Å². The van der Waals surface area contributed by atoms with Gasteiger partial charge in [0.15, 0.2) is 0 Å². The number of benzene rings is 1. The molecule has 152 valence electrons. The van der Waals surface area contributed by atoms with E-state index in [0.29, 0.717) is 12.1 Å². The number of nitrogens with one attached hydrogen (secondary N) is 1. The number of hydrogen-bond acceptors (Lipinski definition) is 3. The van der Waals surface area contributed by atoms with Crippen LogP contribution in [0.2, 0.25) is 0 Å². The van der Waals surface area contributed by atoms with Crippen LogP contribution in [-0.4, -0.2) is 42.1 Å². The summed E-state index contributed by atoms with van der Waals surface area (Å²) in [6, 6.07) is 11.2. The third kappa shape index (κ3) is 2.96. The van der Waals surface area contributed by atoms with E-state index in [0.717, 1.165) is 37.9 Å². The van der Waals surface area contributed by atoms with Crippen molar-refractivity contribution in [2.45, 2.75) is 76.3 Å². The molecule has 0 aromatic heterocycles. The van der Waals surface area contributed by atoms with E-state index in [1.54, 1.807) is 0 Å². The molecule has 4 heteroatoms. The third-order valence-corrected chi connectivity index (χ3v) is 8.69. The highest BCUT2D eigenvalue weighted by atomic mass is 16.2. The van der Waals surface area contributed by atoms with Gasteiger partial charge in [0.2, 0.25) is 5.91 Å². The first kappa shape index (κ1) is 18.5. The maximum atomic E-state index is 12.9. The first-order chi connectivity index (χ1) is 13.6. The van der Waals surface area contributed by atoms with Gasteiger partial charge in [-0.15, -0.1) is 0 Å². The number of fused-ring (bicyclic) bond motifs is 1. The van der Waals surface area contributed by atoms with E-state index in [-0.39, 0.29) is 11.4 Å². The van der Waals surface area contributed by atoms with Crippen LogP contribution in [0.1, 0.15) is 64.7 Å². The van der Waals surface area contributed by atoms with Gasteiger partial charge in [0, 0.05) is 24.8 Å². The first-order valence-electron chi connectivity index (χ1n) is 11.5. The topological polar surface area (TPSA) is 35.6 Å². The molecule has 3 atom stereocenters. The van der Waals surface area contributed by atoms with E-state index in [4.69, 9.17) is 0 Å². The van der Waals surface area contributed by atoms with Crippen LogP contribution in [0.25, 0.3) is 0 Å². The number of piperidine rings is 1. The SMILES string of the molecule is C[C@@]12CCCC[C@@H]1C[C@@H](N1CCC3(CC1)C(=O)NCN3c1ccccc1)CC2. The van der Waals surface area contributed by atoms with Crippen molar-refractivity contribution in [1.29, 1.82) is 0 Å². The van der Waals surface area contributed by atoms with E-state index in [2.05, 4.69) is 46.3 Å². The minimum atomic E-state index is -0.341. The molecule has 1 N–H and O–H groups in total. The Balaban J connectivity index is 1.27. The van der Waals surface area contributed by atoms with Crippen LogP contribution in [0.15, 0.2) is 30.3 Å². The second-order valence-electron chi connectivity index (χ2n) is 10.0. The van der Waals surface area contributed by atoms with Gasteiger partial charge in [-0.25, -0.2) is 0 Å². The summed E-state index contributed by atoms with van der Waals surface area (Å²) in [6.45, 7) is 5.32. The van der Waals surface area contributed by atoms with Crippen LogP contribution in [0, 0.1) is 11.3 Å². The molecule has 1 amide bonds. The summed E-state index contributed by atoms with van der Waals surface area (Å²) in [5.74, 6) is 1.16. The fourth-order valence-corrected chi connectivity index (χ4v) is 6.77. The lowest BCUT2D eigenvalue weighted by Gasteiger charge is -2.52. The van der Waals surface area contributed by atoms with Gasteiger partial charge < -0.3 is 15.1 Å². The number of carbonyl (C=O) groups excluding carboxylic acids is 1. The molecule has 2 saturated carbocycles. The lowest BCUT2D eigenvalue weighted by Crippen LogP contribution is -2.58. The van der Waals surface area contributed by atoms with Crippen molar-refractivity contribution >= 4 is 11.6 Å². The van der Waals surface area contributed by atoms with Gasteiger partial charge in [0.1, 0.15) is 5.54 Å². The number of anilines is 1. The van der Waals surface area contributed by atoms with Crippen molar-refractivity contribution in [2.75, 3.05) is 24.7 Å². The maximum absolute atomic E-state index is 12.9. The highest BCUT2D eigenvalue weighted by Crippen LogP contribution is 2.51. The monoisotopic (exact) mass is 381 g/mol. The van der Waals surface area contributed by atoms with Crippen LogP contribution < -0.4 is 10.2 Å². The largest absolute Gasteiger partial charge is 0.339 e. The summed E-state index contributed by atoms with van der Waals surface area (Å²) in [4.78, 5) is 17.9. The molecule has 5 rings (SSSR count). The van der Waals surface area contributed by atoms with E-state index >= 15 is 0 Å². The zero-order valence-corrected chi connectivity index (χ0v) is 17.3. The average molecular weight is 382 g/mol. The first-order valence-corrected chi connectivity index (χ1v) is 11.5. The van der Waals surface area contributed by atoms with Crippen molar-refractivity contribution in [2.24, 2.45) is 11.3 Å². The van der Waals surface area contributed by atoms with Gasteiger partial charge in [-0.1, -0.05) is 38.0 Å². The summed E-state index contributed by atoms with van der Waals surface area (Å²) in [7, 11) is 0. The number of para-hydroxylation sites is 1. The fourth-order valence-electron chi connectivity index (χ4n) is 6.77. The number of nitrogens with zero attached hydrogens (tertiary/aromatic N) is 2. The quantitative estimate of drug-likeness (QED) is 0.835. The predicted octanol–water partition coefficient (Wildman–Crippen LogP) is 4.16. The number of amides is 1. The molecular formula is C24H35N3O. The van der Waals surface area contributed by atoms with Crippen LogP contribution in [0.4, 0.5) is 5.69 Å². The Hall–Kier alpha value is -1.55. The van der Waals surface area contributed by atoms with E-state index < -0.39 is 0 Å². The molecule has 4 fully saturated rings. The summed E-state index contributed by atoms with van der Waals surface area (Å²) in [5, 5.41) is 3.13. The zero-order valence-electron chi connectivity index (χ0n) is 17.3. The maximum Gasteiger partial charge on any atom is 0.247 e. The van der Waals surface area contributed by atoms with Gasteiger partial charge in [0.25, 0.3) is 0 Å². The summed E-state index contributed by atoms with van der Waals surface area (Å²) >= 11 is 0. The highest BCUT2D eigenvalue weighted by molar-refractivity contribution is 5.93. The second kappa shape index (κ2) is 7.05. The van der Waals surface area contributed by atoms with Gasteiger partial charge >= 0.3 is 0 Å². The molecule has 4 nitrogen and oxygen atoms in total. The molecule has 4 aliphatic rings. The molecule has 1 aromatic carbocycles. The molecular weight excluding hydrogens is 346 g/mol. The Morgan fingerprint density at radius 2 is 1.79 bits per heavy atom. The number of carbonyl (C=O) groups is 1. The molecule has 2 saturated heterocycles. The Kier molecular flexibility index (Phi) is 4.65.